The normalized spacial score (nSPS) is 10.5. The molecule has 1 aromatic heterocycles. The number of nitrogens with one attached hydrogen (secondary N) is 2. The zero-order chi connectivity index (χ0) is 13.6. The molecule has 1 rings (SSSR count). The van der Waals surface area contributed by atoms with E-state index in [4.69, 9.17) is 5.73 Å². The summed E-state index contributed by atoms with van der Waals surface area (Å²) in [7, 11) is 0. The Morgan fingerprint density at radius 2 is 2.05 bits per heavy atom. The number of carbonyl (C=O) groups is 2. The molecule has 0 fully saturated rings. The van der Waals surface area contributed by atoms with E-state index < -0.39 is 5.54 Å². The number of carbonyl (C=O) groups excluding carboxylic acids is 2. The maximum atomic E-state index is 11.5. The standard InChI is InChI=1S/C12H19N3O2S.ClH/c1-12(2,13)8-15-10(16)3-5-14-11(17)9-4-6-18-7-9;/h4,6-7H,3,5,8,13H2,1-2H3,(H,14,17)(H,15,16);1H. The van der Waals surface area contributed by atoms with Crippen molar-refractivity contribution >= 4 is 35.6 Å². The summed E-state index contributed by atoms with van der Waals surface area (Å²) in [5.41, 5.74) is 5.95. The Morgan fingerprint density at radius 3 is 2.58 bits per heavy atom. The Balaban J connectivity index is 0.00000324. The van der Waals surface area contributed by atoms with Crippen LogP contribution in [0.3, 0.4) is 0 Å². The summed E-state index contributed by atoms with van der Waals surface area (Å²) in [4.78, 5) is 23.0. The summed E-state index contributed by atoms with van der Waals surface area (Å²) in [5.74, 6) is -0.262. The van der Waals surface area contributed by atoms with E-state index in [1.165, 1.54) is 11.3 Å². The zero-order valence-corrected chi connectivity index (χ0v) is 12.7. The number of amides is 2. The Morgan fingerprint density at radius 1 is 1.37 bits per heavy atom. The van der Waals surface area contributed by atoms with Gasteiger partial charge in [-0.1, -0.05) is 0 Å². The van der Waals surface area contributed by atoms with Crippen molar-refractivity contribution in [1.29, 1.82) is 0 Å². The van der Waals surface area contributed by atoms with Gasteiger partial charge in [0, 0.05) is 36.0 Å². The van der Waals surface area contributed by atoms with Crippen molar-refractivity contribution in [2.45, 2.75) is 25.8 Å². The van der Waals surface area contributed by atoms with E-state index in [1.807, 2.05) is 19.2 Å². The molecule has 0 aliphatic heterocycles. The summed E-state index contributed by atoms with van der Waals surface area (Å²) in [6.45, 7) is 4.42. The zero-order valence-electron chi connectivity index (χ0n) is 11.1. The van der Waals surface area contributed by atoms with E-state index in [0.717, 1.165) is 0 Å². The highest BCUT2D eigenvalue weighted by molar-refractivity contribution is 7.08. The van der Waals surface area contributed by atoms with Crippen LogP contribution in [0.4, 0.5) is 0 Å². The predicted molar refractivity (Wildman–Crippen MR) is 79.8 cm³/mol. The van der Waals surface area contributed by atoms with E-state index in [0.29, 0.717) is 18.7 Å². The first-order valence-electron chi connectivity index (χ1n) is 5.74. The van der Waals surface area contributed by atoms with Crippen LogP contribution in [0.25, 0.3) is 0 Å². The maximum Gasteiger partial charge on any atom is 0.252 e. The molecule has 0 aliphatic rings. The summed E-state index contributed by atoms with van der Waals surface area (Å²) >= 11 is 1.46. The van der Waals surface area contributed by atoms with Crippen molar-refractivity contribution in [2.75, 3.05) is 13.1 Å². The highest BCUT2D eigenvalue weighted by Gasteiger charge is 2.12. The molecule has 0 radical (unpaired) electrons. The monoisotopic (exact) mass is 305 g/mol. The van der Waals surface area contributed by atoms with E-state index >= 15 is 0 Å². The van der Waals surface area contributed by atoms with E-state index in [2.05, 4.69) is 10.6 Å². The van der Waals surface area contributed by atoms with Crippen molar-refractivity contribution in [2.24, 2.45) is 5.73 Å². The first-order valence-corrected chi connectivity index (χ1v) is 6.69. The number of rotatable bonds is 6. The highest BCUT2D eigenvalue weighted by atomic mass is 35.5. The third-order valence-electron chi connectivity index (χ3n) is 2.16. The average Bonchev–Trinajstić information content (AvgIpc) is 2.78. The maximum absolute atomic E-state index is 11.5. The Bertz CT molecular complexity index is 402. The fourth-order valence-corrected chi connectivity index (χ4v) is 1.84. The van der Waals surface area contributed by atoms with Gasteiger partial charge in [0.25, 0.3) is 5.91 Å². The summed E-state index contributed by atoms with van der Waals surface area (Å²) < 4.78 is 0. The Kier molecular flexibility index (Phi) is 7.66. The number of nitrogens with two attached hydrogens (primary N) is 1. The molecule has 1 heterocycles. The minimum atomic E-state index is -0.421. The fraction of sp³-hybridized carbons (Fsp3) is 0.500. The third-order valence-corrected chi connectivity index (χ3v) is 2.85. The molecule has 7 heteroatoms. The Labute approximate surface area is 123 Å². The molecular weight excluding hydrogens is 286 g/mol. The van der Waals surface area contributed by atoms with Gasteiger partial charge in [-0.2, -0.15) is 11.3 Å². The second kappa shape index (κ2) is 8.14. The number of hydrogen-bond donors (Lipinski definition) is 3. The number of halogens is 1. The quantitative estimate of drug-likeness (QED) is 0.737. The molecule has 0 spiro atoms. The lowest BCUT2D eigenvalue weighted by molar-refractivity contribution is -0.121. The molecule has 108 valence electrons. The van der Waals surface area contributed by atoms with Crippen LogP contribution in [0.1, 0.15) is 30.6 Å². The predicted octanol–water partition coefficient (Wildman–Crippen LogP) is 1.14. The minimum Gasteiger partial charge on any atom is -0.354 e. The first kappa shape index (κ1) is 17.9. The lowest BCUT2D eigenvalue weighted by Gasteiger charge is -2.18. The summed E-state index contributed by atoms with van der Waals surface area (Å²) in [6, 6.07) is 1.75. The molecule has 2 amide bonds. The number of thiophene rings is 1. The van der Waals surface area contributed by atoms with Crippen molar-refractivity contribution in [3.63, 3.8) is 0 Å². The topological polar surface area (TPSA) is 84.2 Å². The third kappa shape index (κ3) is 7.81. The van der Waals surface area contributed by atoms with Crippen molar-refractivity contribution in [1.82, 2.24) is 10.6 Å². The van der Waals surface area contributed by atoms with Crippen molar-refractivity contribution in [3.05, 3.63) is 22.4 Å². The summed E-state index contributed by atoms with van der Waals surface area (Å²) in [5, 5.41) is 9.02. The van der Waals surface area contributed by atoms with Gasteiger partial charge < -0.3 is 16.4 Å². The van der Waals surface area contributed by atoms with Gasteiger partial charge in [0.05, 0.1) is 0 Å². The van der Waals surface area contributed by atoms with Gasteiger partial charge >= 0.3 is 0 Å². The molecule has 0 bridgehead atoms. The molecular formula is C12H20ClN3O2S. The largest absolute Gasteiger partial charge is 0.354 e. The highest BCUT2D eigenvalue weighted by Crippen LogP contribution is 2.05. The van der Waals surface area contributed by atoms with E-state index in [-0.39, 0.29) is 30.6 Å². The van der Waals surface area contributed by atoms with Gasteiger partial charge in [-0.3, -0.25) is 9.59 Å². The molecule has 5 nitrogen and oxygen atoms in total. The summed E-state index contributed by atoms with van der Waals surface area (Å²) in [6.07, 6.45) is 0.256. The number of hydrogen-bond acceptors (Lipinski definition) is 4. The average molecular weight is 306 g/mol. The molecule has 4 N–H and O–H groups in total. The first-order chi connectivity index (χ1) is 8.38. The Hall–Kier alpha value is -1.11. The fourth-order valence-electron chi connectivity index (χ4n) is 1.20. The second-order valence-corrected chi connectivity index (χ2v) is 5.56. The van der Waals surface area contributed by atoms with E-state index in [1.54, 1.807) is 11.4 Å². The SMILES string of the molecule is CC(C)(N)CNC(=O)CCNC(=O)c1ccsc1.Cl. The van der Waals surface area contributed by atoms with Crippen LogP contribution in [0.5, 0.6) is 0 Å². The molecule has 19 heavy (non-hydrogen) atoms. The lowest BCUT2D eigenvalue weighted by atomic mass is 10.1. The van der Waals surface area contributed by atoms with Crippen LogP contribution in [-0.2, 0) is 4.79 Å². The van der Waals surface area contributed by atoms with Crippen LogP contribution < -0.4 is 16.4 Å². The molecule has 0 saturated carbocycles. The van der Waals surface area contributed by atoms with Gasteiger partial charge in [0.2, 0.25) is 5.91 Å². The van der Waals surface area contributed by atoms with Gasteiger partial charge in [-0.15, -0.1) is 12.4 Å². The van der Waals surface area contributed by atoms with Crippen LogP contribution in [-0.4, -0.2) is 30.4 Å². The van der Waals surface area contributed by atoms with E-state index in [9.17, 15) is 9.59 Å². The van der Waals surface area contributed by atoms with Crippen LogP contribution in [0.2, 0.25) is 0 Å². The van der Waals surface area contributed by atoms with Gasteiger partial charge in [0.15, 0.2) is 0 Å². The molecule has 0 aliphatic carbocycles. The van der Waals surface area contributed by atoms with Gasteiger partial charge in [-0.25, -0.2) is 0 Å². The van der Waals surface area contributed by atoms with Gasteiger partial charge in [0.1, 0.15) is 0 Å². The van der Waals surface area contributed by atoms with Crippen molar-refractivity contribution in [3.8, 4) is 0 Å². The molecule has 0 aromatic carbocycles. The minimum absolute atomic E-state index is 0. The molecule has 0 atom stereocenters. The lowest BCUT2D eigenvalue weighted by Crippen LogP contribution is -2.45. The van der Waals surface area contributed by atoms with Crippen LogP contribution >= 0.6 is 23.7 Å². The smallest absolute Gasteiger partial charge is 0.252 e. The second-order valence-electron chi connectivity index (χ2n) is 4.78. The molecule has 1 aromatic rings. The van der Waals surface area contributed by atoms with Crippen LogP contribution in [0, 0.1) is 0 Å². The van der Waals surface area contributed by atoms with Crippen molar-refractivity contribution < 1.29 is 9.59 Å². The molecule has 0 saturated heterocycles. The van der Waals surface area contributed by atoms with Gasteiger partial charge in [-0.05, 0) is 25.3 Å². The van der Waals surface area contributed by atoms with Crippen LogP contribution in [0.15, 0.2) is 16.8 Å². The molecule has 0 unspecified atom stereocenters.